The van der Waals surface area contributed by atoms with Crippen molar-refractivity contribution in [1.82, 2.24) is 16.0 Å². The molecule has 0 saturated heterocycles. The fraction of sp³-hybridized carbons (Fsp3) is 0.400. The lowest BCUT2D eigenvalue weighted by atomic mass is 9.86. The molecule has 174 valence electrons. The summed E-state index contributed by atoms with van der Waals surface area (Å²) in [6, 6.07) is 8.30. The van der Waals surface area contributed by atoms with Gasteiger partial charge in [-0.2, -0.15) is 0 Å². The number of hydrogen-bond donors (Lipinski definition) is 3. The Bertz CT molecular complexity index is 1120. The van der Waals surface area contributed by atoms with E-state index in [1.165, 1.54) is 17.0 Å². The topological polar surface area (TPSA) is 90.5 Å². The first kappa shape index (κ1) is 22.9. The Balaban J connectivity index is 1.59. The van der Waals surface area contributed by atoms with Crippen LogP contribution in [0.1, 0.15) is 42.0 Å². The second-order valence-corrected chi connectivity index (χ2v) is 8.86. The van der Waals surface area contributed by atoms with Crippen LogP contribution in [0.15, 0.2) is 36.4 Å². The van der Waals surface area contributed by atoms with Gasteiger partial charge in [0.15, 0.2) is 0 Å². The summed E-state index contributed by atoms with van der Waals surface area (Å²) < 4.78 is 13.6. The molecule has 0 aliphatic carbocycles. The first-order chi connectivity index (χ1) is 15.7. The second kappa shape index (κ2) is 8.94. The third-order valence-electron chi connectivity index (χ3n) is 6.80. The highest BCUT2D eigenvalue weighted by Gasteiger charge is 2.48. The maximum Gasteiger partial charge on any atom is 0.250 e. The molecule has 1 unspecified atom stereocenters. The first-order valence-electron chi connectivity index (χ1n) is 11.2. The Morgan fingerprint density at radius 3 is 2.73 bits per heavy atom. The summed E-state index contributed by atoms with van der Waals surface area (Å²) in [5, 5.41) is 8.61. The standard InChI is InChI=1S/C25H29FN4O3/c1-13-8-9-18(26)10-17(13)12-28-24(32)20-11-16-6-5-7-19-14(2)21(25(33)30(20)22(16)19)29-23(31)15(3)27-4/h5-10,14-15,20-21,27H,11-12H2,1-4H3,(H,28,32)(H,29,31)/t14?,15-,20-,21-/m0/s1. The van der Waals surface area contributed by atoms with Crippen LogP contribution in [0, 0.1) is 12.7 Å². The maximum absolute atomic E-state index is 13.6. The molecule has 4 rings (SSSR count). The molecule has 0 fully saturated rings. The lowest BCUT2D eigenvalue weighted by Crippen LogP contribution is -2.60. The van der Waals surface area contributed by atoms with Crippen LogP contribution in [-0.2, 0) is 27.3 Å². The molecule has 2 aromatic rings. The maximum atomic E-state index is 13.6. The van der Waals surface area contributed by atoms with Gasteiger partial charge in [0, 0.05) is 18.9 Å². The van der Waals surface area contributed by atoms with Gasteiger partial charge in [-0.25, -0.2) is 4.39 Å². The molecule has 3 amide bonds. The van der Waals surface area contributed by atoms with Gasteiger partial charge in [0.05, 0.1) is 11.7 Å². The molecule has 2 aromatic carbocycles. The Morgan fingerprint density at radius 2 is 2.00 bits per heavy atom. The van der Waals surface area contributed by atoms with E-state index in [2.05, 4.69) is 16.0 Å². The summed E-state index contributed by atoms with van der Waals surface area (Å²) in [5.74, 6) is -1.47. The summed E-state index contributed by atoms with van der Waals surface area (Å²) >= 11 is 0. The fourth-order valence-electron chi connectivity index (χ4n) is 4.64. The first-order valence-corrected chi connectivity index (χ1v) is 11.2. The molecule has 3 N–H and O–H groups in total. The van der Waals surface area contributed by atoms with Gasteiger partial charge in [-0.15, -0.1) is 0 Å². The summed E-state index contributed by atoms with van der Waals surface area (Å²) in [6.45, 7) is 5.66. The molecule has 4 atom stereocenters. The Labute approximate surface area is 192 Å². The van der Waals surface area contributed by atoms with Crippen LogP contribution in [-0.4, -0.2) is 42.9 Å². The normalized spacial score (nSPS) is 22.0. The van der Waals surface area contributed by atoms with Gasteiger partial charge in [0.1, 0.15) is 17.9 Å². The number of aryl methyl sites for hydroxylation is 1. The quantitative estimate of drug-likeness (QED) is 0.625. The molecule has 33 heavy (non-hydrogen) atoms. The third kappa shape index (κ3) is 4.11. The van der Waals surface area contributed by atoms with Crippen molar-refractivity contribution in [3.8, 4) is 0 Å². The number of rotatable bonds is 6. The number of carbonyl (C=O) groups is 3. The highest BCUT2D eigenvalue weighted by atomic mass is 19.1. The molecular formula is C25H29FN4O3. The number of benzene rings is 2. The van der Waals surface area contributed by atoms with Crippen molar-refractivity contribution in [2.24, 2.45) is 0 Å². The summed E-state index contributed by atoms with van der Waals surface area (Å²) in [6.07, 6.45) is 0.392. The average molecular weight is 453 g/mol. The molecule has 0 aromatic heterocycles. The van der Waals surface area contributed by atoms with E-state index in [9.17, 15) is 18.8 Å². The minimum absolute atomic E-state index is 0.167. The van der Waals surface area contributed by atoms with E-state index in [1.807, 2.05) is 32.0 Å². The molecule has 7 nitrogen and oxygen atoms in total. The minimum Gasteiger partial charge on any atom is -0.350 e. The van der Waals surface area contributed by atoms with Crippen LogP contribution >= 0.6 is 0 Å². The number of nitrogens with one attached hydrogen (secondary N) is 3. The van der Waals surface area contributed by atoms with Crippen molar-refractivity contribution >= 4 is 23.4 Å². The van der Waals surface area contributed by atoms with Gasteiger partial charge in [0.25, 0.3) is 5.91 Å². The molecule has 2 heterocycles. The molecule has 2 aliphatic heterocycles. The van der Waals surface area contributed by atoms with Crippen molar-refractivity contribution < 1.29 is 18.8 Å². The Hall–Kier alpha value is -3.26. The number of anilines is 1. The summed E-state index contributed by atoms with van der Waals surface area (Å²) in [4.78, 5) is 40.8. The van der Waals surface area contributed by atoms with Crippen LogP contribution in [0.4, 0.5) is 10.1 Å². The average Bonchev–Trinajstić information content (AvgIpc) is 3.20. The number of halogens is 1. The molecule has 0 bridgehead atoms. The molecule has 2 aliphatic rings. The van der Waals surface area contributed by atoms with Gasteiger partial charge in [0.2, 0.25) is 11.8 Å². The molecule has 0 radical (unpaired) electrons. The monoisotopic (exact) mass is 452 g/mol. The largest absolute Gasteiger partial charge is 0.350 e. The highest BCUT2D eigenvalue weighted by Crippen LogP contribution is 2.44. The number of likely N-dealkylation sites (N-methyl/N-ethyl adjacent to an activating group) is 1. The zero-order chi connectivity index (χ0) is 23.9. The second-order valence-electron chi connectivity index (χ2n) is 8.86. The molecule has 0 saturated carbocycles. The van der Waals surface area contributed by atoms with Gasteiger partial charge in [-0.3, -0.25) is 19.3 Å². The van der Waals surface area contributed by atoms with E-state index in [-0.39, 0.29) is 36.0 Å². The van der Waals surface area contributed by atoms with Gasteiger partial charge in [-0.1, -0.05) is 31.2 Å². The molecule has 8 heteroatoms. The lowest BCUT2D eigenvalue weighted by Gasteiger charge is -2.38. The van der Waals surface area contributed by atoms with Crippen molar-refractivity contribution in [2.75, 3.05) is 11.9 Å². The number of nitrogens with zero attached hydrogens (tertiary/aromatic N) is 1. The molecular weight excluding hydrogens is 423 g/mol. The van der Waals surface area contributed by atoms with Crippen molar-refractivity contribution in [3.05, 3.63) is 64.5 Å². The van der Waals surface area contributed by atoms with Crippen molar-refractivity contribution in [2.45, 2.75) is 57.8 Å². The SMILES string of the molecule is CN[C@@H](C)C(=O)N[C@@H]1C(=O)N2c3c(cccc3C1C)C[C@H]2C(=O)NCc1cc(F)ccc1C. The van der Waals surface area contributed by atoms with Gasteiger partial charge < -0.3 is 16.0 Å². The van der Waals surface area contributed by atoms with E-state index in [0.717, 1.165) is 22.4 Å². The number of carbonyl (C=O) groups excluding carboxylic acids is 3. The van der Waals surface area contributed by atoms with E-state index < -0.39 is 18.1 Å². The Kier molecular flexibility index (Phi) is 6.21. The zero-order valence-electron chi connectivity index (χ0n) is 19.2. The van der Waals surface area contributed by atoms with Crippen LogP contribution in [0.2, 0.25) is 0 Å². The number of amides is 3. The van der Waals surface area contributed by atoms with E-state index in [0.29, 0.717) is 12.0 Å². The number of hydrogen-bond acceptors (Lipinski definition) is 4. The van der Waals surface area contributed by atoms with E-state index >= 15 is 0 Å². The minimum atomic E-state index is -0.769. The van der Waals surface area contributed by atoms with Crippen molar-refractivity contribution in [1.29, 1.82) is 0 Å². The van der Waals surface area contributed by atoms with E-state index in [4.69, 9.17) is 0 Å². The lowest BCUT2D eigenvalue weighted by molar-refractivity contribution is -0.130. The van der Waals surface area contributed by atoms with Crippen LogP contribution in [0.3, 0.4) is 0 Å². The van der Waals surface area contributed by atoms with Crippen LogP contribution < -0.4 is 20.9 Å². The van der Waals surface area contributed by atoms with Gasteiger partial charge >= 0.3 is 0 Å². The summed E-state index contributed by atoms with van der Waals surface area (Å²) in [7, 11) is 1.68. The van der Waals surface area contributed by atoms with Crippen LogP contribution in [0.25, 0.3) is 0 Å². The molecule has 0 spiro atoms. The Morgan fingerprint density at radius 1 is 1.24 bits per heavy atom. The fourth-order valence-corrected chi connectivity index (χ4v) is 4.64. The van der Waals surface area contributed by atoms with Crippen molar-refractivity contribution in [3.63, 3.8) is 0 Å². The zero-order valence-corrected chi connectivity index (χ0v) is 19.2. The number of para-hydroxylation sites is 1. The van der Waals surface area contributed by atoms with E-state index in [1.54, 1.807) is 20.0 Å². The smallest absolute Gasteiger partial charge is 0.250 e. The van der Waals surface area contributed by atoms with Gasteiger partial charge in [-0.05, 0) is 55.3 Å². The predicted octanol–water partition coefficient (Wildman–Crippen LogP) is 1.92. The highest BCUT2D eigenvalue weighted by molar-refractivity contribution is 6.09. The van der Waals surface area contributed by atoms with Crippen LogP contribution in [0.5, 0.6) is 0 Å². The summed E-state index contributed by atoms with van der Waals surface area (Å²) in [5.41, 5.74) is 4.19. The third-order valence-corrected chi connectivity index (χ3v) is 6.80. The predicted molar refractivity (Wildman–Crippen MR) is 123 cm³/mol.